The first-order valence-corrected chi connectivity index (χ1v) is 7.05. The van der Waals surface area contributed by atoms with E-state index in [0.717, 1.165) is 12.1 Å². The fourth-order valence-electron chi connectivity index (χ4n) is 2.62. The van der Waals surface area contributed by atoms with Crippen LogP contribution in [0.2, 0.25) is 0 Å². The molecule has 1 aliphatic rings. The second kappa shape index (κ2) is 5.29. The second-order valence-electron chi connectivity index (χ2n) is 5.71. The van der Waals surface area contributed by atoms with Crippen molar-refractivity contribution in [2.45, 2.75) is 25.4 Å². The van der Waals surface area contributed by atoms with E-state index >= 15 is 0 Å². The van der Waals surface area contributed by atoms with Gasteiger partial charge < -0.3 is 10.0 Å². The van der Waals surface area contributed by atoms with Crippen LogP contribution in [0.4, 0.5) is 0 Å². The molecule has 1 saturated heterocycles. The van der Waals surface area contributed by atoms with Crippen LogP contribution < -0.4 is 0 Å². The molecule has 1 aromatic heterocycles. The maximum absolute atomic E-state index is 12.4. The van der Waals surface area contributed by atoms with E-state index in [1.165, 1.54) is 0 Å². The third-order valence-electron chi connectivity index (χ3n) is 3.70. The van der Waals surface area contributed by atoms with Crippen molar-refractivity contribution in [2.75, 3.05) is 13.1 Å². The van der Waals surface area contributed by atoms with E-state index in [4.69, 9.17) is 0 Å². The van der Waals surface area contributed by atoms with Gasteiger partial charge in [-0.2, -0.15) is 0 Å². The average molecular weight is 286 g/mol. The van der Waals surface area contributed by atoms with Crippen molar-refractivity contribution in [2.24, 2.45) is 0 Å². The molecule has 1 amide bonds. The Morgan fingerprint density at radius 1 is 1.33 bits per heavy atom. The number of rotatable bonds is 2. The highest BCUT2D eigenvalue weighted by molar-refractivity contribution is 5.92. The Balaban J connectivity index is 1.78. The molecule has 0 aliphatic carbocycles. The largest absolute Gasteiger partial charge is 0.388 e. The van der Waals surface area contributed by atoms with Crippen molar-refractivity contribution in [3.8, 4) is 5.69 Å². The number of amides is 1. The van der Waals surface area contributed by atoms with Crippen LogP contribution in [0, 0.1) is 0 Å². The topological polar surface area (TPSA) is 71.2 Å². The lowest BCUT2D eigenvalue weighted by Crippen LogP contribution is -2.48. The molecule has 1 aliphatic heterocycles. The molecule has 3 rings (SSSR count). The molecule has 0 radical (unpaired) electrons. The molecular weight excluding hydrogens is 268 g/mol. The minimum absolute atomic E-state index is 0.183. The van der Waals surface area contributed by atoms with Crippen molar-refractivity contribution < 1.29 is 9.90 Å². The maximum Gasteiger partial charge on any atom is 0.276 e. The molecule has 0 bridgehead atoms. The van der Waals surface area contributed by atoms with E-state index in [9.17, 15) is 9.90 Å². The van der Waals surface area contributed by atoms with Gasteiger partial charge in [0, 0.05) is 13.1 Å². The van der Waals surface area contributed by atoms with Crippen LogP contribution in [0.1, 0.15) is 30.3 Å². The van der Waals surface area contributed by atoms with Crippen LogP contribution in [0.3, 0.4) is 0 Å². The first kappa shape index (κ1) is 13.8. The summed E-state index contributed by atoms with van der Waals surface area (Å²) in [7, 11) is 0. The van der Waals surface area contributed by atoms with Crippen molar-refractivity contribution in [1.82, 2.24) is 19.9 Å². The van der Waals surface area contributed by atoms with Gasteiger partial charge in [-0.25, -0.2) is 4.68 Å². The fourth-order valence-corrected chi connectivity index (χ4v) is 2.62. The molecule has 1 unspecified atom stereocenters. The number of para-hydroxylation sites is 1. The van der Waals surface area contributed by atoms with Crippen molar-refractivity contribution in [3.63, 3.8) is 0 Å². The highest BCUT2D eigenvalue weighted by Crippen LogP contribution is 2.21. The Hall–Kier alpha value is -2.21. The molecule has 1 aromatic carbocycles. The molecule has 2 aromatic rings. The van der Waals surface area contributed by atoms with Gasteiger partial charge in [-0.15, -0.1) is 5.10 Å². The zero-order chi connectivity index (χ0) is 14.9. The predicted molar refractivity (Wildman–Crippen MR) is 77.1 cm³/mol. The van der Waals surface area contributed by atoms with Gasteiger partial charge in [0.1, 0.15) is 0 Å². The van der Waals surface area contributed by atoms with E-state index in [2.05, 4.69) is 10.3 Å². The van der Waals surface area contributed by atoms with Crippen LogP contribution in [0.25, 0.3) is 5.69 Å². The first-order chi connectivity index (χ1) is 10.1. The van der Waals surface area contributed by atoms with Gasteiger partial charge in [0.25, 0.3) is 5.91 Å². The number of hydrogen-bond donors (Lipinski definition) is 1. The number of hydrogen-bond acceptors (Lipinski definition) is 4. The molecule has 1 fully saturated rings. The lowest BCUT2D eigenvalue weighted by molar-refractivity contribution is -0.0109. The Labute approximate surface area is 123 Å². The number of aromatic nitrogens is 3. The second-order valence-corrected chi connectivity index (χ2v) is 5.71. The highest BCUT2D eigenvalue weighted by Gasteiger charge is 2.32. The summed E-state index contributed by atoms with van der Waals surface area (Å²) in [6.07, 6.45) is 3.14. The van der Waals surface area contributed by atoms with Crippen LogP contribution >= 0.6 is 0 Å². The van der Waals surface area contributed by atoms with Crippen molar-refractivity contribution in [3.05, 3.63) is 42.2 Å². The number of nitrogens with zero attached hydrogens (tertiary/aromatic N) is 4. The minimum atomic E-state index is -0.816. The molecule has 110 valence electrons. The summed E-state index contributed by atoms with van der Waals surface area (Å²) >= 11 is 0. The van der Waals surface area contributed by atoms with E-state index < -0.39 is 5.60 Å². The average Bonchev–Trinajstić information content (AvgIpc) is 2.96. The Kier molecular flexibility index (Phi) is 3.47. The summed E-state index contributed by atoms with van der Waals surface area (Å²) in [5, 5.41) is 18.0. The van der Waals surface area contributed by atoms with Crippen LogP contribution in [-0.4, -0.2) is 49.6 Å². The molecule has 0 spiro atoms. The van der Waals surface area contributed by atoms with E-state index in [1.807, 2.05) is 30.3 Å². The standard InChI is InChI=1S/C15H18N4O2/c1-15(21)8-5-9-18(11-15)14(20)13-10-19(17-16-13)12-6-3-2-4-7-12/h2-4,6-7,10,21H,5,8-9,11H2,1H3. The molecule has 2 heterocycles. The highest BCUT2D eigenvalue weighted by atomic mass is 16.3. The fraction of sp³-hybridized carbons (Fsp3) is 0.400. The van der Waals surface area contributed by atoms with Crippen LogP contribution in [0.15, 0.2) is 36.5 Å². The number of piperidine rings is 1. The van der Waals surface area contributed by atoms with Gasteiger partial charge >= 0.3 is 0 Å². The van der Waals surface area contributed by atoms with E-state index in [1.54, 1.807) is 22.7 Å². The normalized spacial score (nSPS) is 22.3. The van der Waals surface area contributed by atoms with Crippen LogP contribution in [0.5, 0.6) is 0 Å². The zero-order valence-corrected chi connectivity index (χ0v) is 11.9. The Bertz CT molecular complexity index is 636. The van der Waals surface area contributed by atoms with E-state index in [-0.39, 0.29) is 5.91 Å². The molecular formula is C15H18N4O2. The van der Waals surface area contributed by atoms with Gasteiger partial charge in [0.15, 0.2) is 5.69 Å². The number of aliphatic hydroxyl groups is 1. The summed E-state index contributed by atoms with van der Waals surface area (Å²) < 4.78 is 1.58. The van der Waals surface area contributed by atoms with E-state index in [0.29, 0.717) is 25.2 Å². The maximum atomic E-state index is 12.4. The van der Waals surface area contributed by atoms with Gasteiger partial charge in [-0.3, -0.25) is 4.79 Å². The lowest BCUT2D eigenvalue weighted by atomic mass is 9.95. The number of likely N-dealkylation sites (tertiary alicyclic amines) is 1. The zero-order valence-electron chi connectivity index (χ0n) is 11.9. The summed E-state index contributed by atoms with van der Waals surface area (Å²) in [4.78, 5) is 14.1. The van der Waals surface area contributed by atoms with Gasteiger partial charge in [0.2, 0.25) is 0 Å². The van der Waals surface area contributed by atoms with Crippen molar-refractivity contribution >= 4 is 5.91 Å². The van der Waals surface area contributed by atoms with Crippen LogP contribution in [-0.2, 0) is 0 Å². The lowest BCUT2D eigenvalue weighted by Gasteiger charge is -2.36. The van der Waals surface area contributed by atoms with Gasteiger partial charge in [-0.05, 0) is 31.9 Å². The monoisotopic (exact) mass is 286 g/mol. The molecule has 1 atom stereocenters. The number of carbonyl (C=O) groups is 1. The molecule has 0 saturated carbocycles. The number of carbonyl (C=O) groups excluding carboxylic acids is 1. The molecule has 1 N–H and O–H groups in total. The summed E-state index contributed by atoms with van der Waals surface area (Å²) in [5.74, 6) is -0.183. The summed E-state index contributed by atoms with van der Waals surface area (Å²) in [5.41, 5.74) is 0.342. The minimum Gasteiger partial charge on any atom is -0.388 e. The quantitative estimate of drug-likeness (QED) is 0.902. The third kappa shape index (κ3) is 2.95. The SMILES string of the molecule is CC1(O)CCCN(C(=O)c2cn(-c3ccccc3)nn2)C1. The number of benzene rings is 1. The number of β-amino-alcohol motifs (C(OH)–C–C–N with tert-alkyl or cyclic N) is 1. The van der Waals surface area contributed by atoms with Gasteiger partial charge in [0.05, 0.1) is 17.5 Å². The molecule has 21 heavy (non-hydrogen) atoms. The van der Waals surface area contributed by atoms with Crippen molar-refractivity contribution in [1.29, 1.82) is 0 Å². The molecule has 6 heteroatoms. The predicted octanol–water partition coefficient (Wildman–Crippen LogP) is 1.25. The first-order valence-electron chi connectivity index (χ1n) is 7.05. The summed E-state index contributed by atoms with van der Waals surface area (Å²) in [6, 6.07) is 9.52. The third-order valence-corrected chi connectivity index (χ3v) is 3.70. The molecule has 6 nitrogen and oxygen atoms in total. The Morgan fingerprint density at radius 3 is 2.81 bits per heavy atom. The van der Waals surface area contributed by atoms with Gasteiger partial charge in [-0.1, -0.05) is 23.4 Å². The Morgan fingerprint density at radius 2 is 2.10 bits per heavy atom. The summed E-state index contributed by atoms with van der Waals surface area (Å²) in [6.45, 7) is 2.74. The smallest absolute Gasteiger partial charge is 0.276 e.